The lowest BCUT2D eigenvalue weighted by Gasteiger charge is -2.26. The molecule has 0 aromatic carbocycles. The minimum atomic E-state index is -0.0364. The summed E-state index contributed by atoms with van der Waals surface area (Å²) >= 11 is 0. The number of carbonyl (C=O) groups is 1. The van der Waals surface area contributed by atoms with Crippen molar-refractivity contribution in [2.24, 2.45) is 5.41 Å². The minimum Gasteiger partial charge on any atom is -0.378 e. The van der Waals surface area contributed by atoms with E-state index in [0.717, 1.165) is 58.2 Å². The van der Waals surface area contributed by atoms with Crippen molar-refractivity contribution in [2.75, 3.05) is 19.7 Å². The fourth-order valence-corrected chi connectivity index (χ4v) is 3.44. The van der Waals surface area contributed by atoms with Crippen LogP contribution in [0.25, 0.3) is 0 Å². The van der Waals surface area contributed by atoms with Crippen molar-refractivity contribution < 1.29 is 9.53 Å². The predicted molar refractivity (Wildman–Crippen MR) is 72.7 cm³/mol. The van der Waals surface area contributed by atoms with E-state index < -0.39 is 0 Å². The zero-order valence-corrected chi connectivity index (χ0v) is 11.7. The maximum atomic E-state index is 12.5. The van der Waals surface area contributed by atoms with Gasteiger partial charge in [0.2, 0.25) is 0 Å². The van der Waals surface area contributed by atoms with Crippen LogP contribution >= 0.6 is 0 Å². The SMILES string of the molecule is CCCC1(C(=O)CCCC2CCCO2)CCNC1. The number of Topliss-reactive ketones (excluding diaryl/α,β-unsaturated/α-hetero) is 1. The third-order valence-electron chi connectivity index (χ3n) is 4.52. The molecule has 0 spiro atoms. The Morgan fingerprint density at radius 2 is 2.39 bits per heavy atom. The van der Waals surface area contributed by atoms with Crippen LogP contribution in [0.2, 0.25) is 0 Å². The van der Waals surface area contributed by atoms with E-state index in [4.69, 9.17) is 4.74 Å². The quantitative estimate of drug-likeness (QED) is 0.758. The first-order valence-corrected chi connectivity index (χ1v) is 7.62. The Kier molecular flexibility index (Phi) is 5.19. The molecule has 2 atom stereocenters. The second kappa shape index (κ2) is 6.67. The Balaban J connectivity index is 1.74. The standard InChI is InChI=1S/C15H27NO2/c1-2-8-15(9-10-16-12-15)14(17)7-3-5-13-6-4-11-18-13/h13,16H,2-12H2,1H3. The van der Waals surface area contributed by atoms with Crippen LogP contribution < -0.4 is 5.32 Å². The van der Waals surface area contributed by atoms with Gasteiger partial charge in [0.1, 0.15) is 5.78 Å². The maximum absolute atomic E-state index is 12.5. The van der Waals surface area contributed by atoms with E-state index >= 15 is 0 Å². The summed E-state index contributed by atoms with van der Waals surface area (Å²) in [5, 5.41) is 3.36. The minimum absolute atomic E-state index is 0.0364. The van der Waals surface area contributed by atoms with Crippen LogP contribution in [0.3, 0.4) is 0 Å². The third kappa shape index (κ3) is 3.33. The van der Waals surface area contributed by atoms with Crippen LogP contribution in [0.5, 0.6) is 0 Å². The number of ketones is 1. The van der Waals surface area contributed by atoms with Gasteiger partial charge in [0, 0.05) is 25.0 Å². The van der Waals surface area contributed by atoms with E-state index in [9.17, 15) is 4.79 Å². The van der Waals surface area contributed by atoms with Gasteiger partial charge >= 0.3 is 0 Å². The molecule has 0 amide bonds. The number of hydrogen-bond donors (Lipinski definition) is 1. The zero-order valence-electron chi connectivity index (χ0n) is 11.7. The Morgan fingerprint density at radius 1 is 1.50 bits per heavy atom. The van der Waals surface area contributed by atoms with E-state index in [2.05, 4.69) is 12.2 Å². The fraction of sp³-hybridized carbons (Fsp3) is 0.933. The highest BCUT2D eigenvalue weighted by Gasteiger charge is 2.39. The summed E-state index contributed by atoms with van der Waals surface area (Å²) in [4.78, 5) is 12.5. The molecule has 18 heavy (non-hydrogen) atoms. The van der Waals surface area contributed by atoms with Gasteiger partial charge in [0.25, 0.3) is 0 Å². The summed E-state index contributed by atoms with van der Waals surface area (Å²) in [6, 6.07) is 0. The maximum Gasteiger partial charge on any atom is 0.140 e. The molecule has 2 unspecified atom stereocenters. The van der Waals surface area contributed by atoms with Crippen molar-refractivity contribution in [1.82, 2.24) is 5.32 Å². The lowest BCUT2D eigenvalue weighted by molar-refractivity contribution is -0.128. The highest BCUT2D eigenvalue weighted by Crippen LogP contribution is 2.34. The molecule has 0 saturated carbocycles. The van der Waals surface area contributed by atoms with Crippen molar-refractivity contribution in [2.45, 2.75) is 64.4 Å². The van der Waals surface area contributed by atoms with Gasteiger partial charge in [-0.1, -0.05) is 13.3 Å². The fourth-order valence-electron chi connectivity index (χ4n) is 3.44. The summed E-state index contributed by atoms with van der Waals surface area (Å²) in [7, 11) is 0. The molecule has 2 aliphatic heterocycles. The molecule has 0 aromatic heterocycles. The largest absolute Gasteiger partial charge is 0.378 e. The van der Waals surface area contributed by atoms with Crippen molar-refractivity contribution >= 4 is 5.78 Å². The monoisotopic (exact) mass is 253 g/mol. The van der Waals surface area contributed by atoms with Gasteiger partial charge in [-0.3, -0.25) is 4.79 Å². The molecule has 2 saturated heterocycles. The first-order chi connectivity index (χ1) is 8.77. The highest BCUT2D eigenvalue weighted by molar-refractivity contribution is 5.85. The molecule has 104 valence electrons. The summed E-state index contributed by atoms with van der Waals surface area (Å²) in [6.07, 6.45) is 8.86. The summed E-state index contributed by atoms with van der Waals surface area (Å²) in [5.74, 6) is 0.493. The number of rotatable bonds is 7. The second-order valence-electron chi connectivity index (χ2n) is 5.91. The molecule has 1 N–H and O–H groups in total. The molecule has 2 heterocycles. The smallest absolute Gasteiger partial charge is 0.140 e. The molecule has 0 bridgehead atoms. The van der Waals surface area contributed by atoms with Crippen molar-refractivity contribution in [1.29, 1.82) is 0 Å². The molecule has 0 aromatic rings. The number of nitrogens with one attached hydrogen (secondary N) is 1. The van der Waals surface area contributed by atoms with Crippen LogP contribution in [0.1, 0.15) is 58.3 Å². The Morgan fingerprint density at radius 3 is 3.00 bits per heavy atom. The number of carbonyl (C=O) groups excluding carboxylic acids is 1. The average Bonchev–Trinajstić information content (AvgIpc) is 3.01. The highest BCUT2D eigenvalue weighted by atomic mass is 16.5. The van der Waals surface area contributed by atoms with Crippen LogP contribution in [0.15, 0.2) is 0 Å². The first kappa shape index (κ1) is 14.0. The van der Waals surface area contributed by atoms with Gasteiger partial charge < -0.3 is 10.1 Å². The molecule has 2 aliphatic rings. The molecule has 0 radical (unpaired) electrons. The van der Waals surface area contributed by atoms with E-state index in [1.165, 1.54) is 12.8 Å². The molecule has 2 rings (SSSR count). The van der Waals surface area contributed by atoms with Gasteiger partial charge in [-0.15, -0.1) is 0 Å². The lowest BCUT2D eigenvalue weighted by Crippen LogP contribution is -2.33. The number of ether oxygens (including phenoxy) is 1. The van der Waals surface area contributed by atoms with Gasteiger partial charge in [-0.05, 0) is 45.1 Å². The average molecular weight is 253 g/mol. The Bertz CT molecular complexity index is 266. The van der Waals surface area contributed by atoms with E-state index in [1.54, 1.807) is 0 Å². The molecule has 0 aliphatic carbocycles. The van der Waals surface area contributed by atoms with E-state index in [1.807, 2.05) is 0 Å². The van der Waals surface area contributed by atoms with E-state index in [0.29, 0.717) is 11.9 Å². The van der Waals surface area contributed by atoms with Crippen LogP contribution in [-0.2, 0) is 9.53 Å². The first-order valence-electron chi connectivity index (χ1n) is 7.62. The van der Waals surface area contributed by atoms with Gasteiger partial charge in [0.05, 0.1) is 6.10 Å². The third-order valence-corrected chi connectivity index (χ3v) is 4.52. The topological polar surface area (TPSA) is 38.3 Å². The van der Waals surface area contributed by atoms with Crippen molar-refractivity contribution in [3.05, 3.63) is 0 Å². The molecular weight excluding hydrogens is 226 g/mol. The summed E-state index contributed by atoms with van der Waals surface area (Å²) < 4.78 is 5.61. The van der Waals surface area contributed by atoms with Crippen LogP contribution in [-0.4, -0.2) is 31.6 Å². The molecular formula is C15H27NO2. The molecule has 3 nitrogen and oxygen atoms in total. The molecule has 2 fully saturated rings. The van der Waals surface area contributed by atoms with Gasteiger partial charge in [-0.2, -0.15) is 0 Å². The summed E-state index contributed by atoms with van der Waals surface area (Å²) in [5.41, 5.74) is -0.0364. The van der Waals surface area contributed by atoms with Gasteiger partial charge in [0.15, 0.2) is 0 Å². The van der Waals surface area contributed by atoms with Crippen molar-refractivity contribution in [3.63, 3.8) is 0 Å². The lowest BCUT2D eigenvalue weighted by atomic mass is 9.77. The normalized spacial score (nSPS) is 31.9. The Hall–Kier alpha value is -0.410. The number of hydrogen-bond acceptors (Lipinski definition) is 3. The summed E-state index contributed by atoms with van der Waals surface area (Å²) in [6.45, 7) is 5.01. The van der Waals surface area contributed by atoms with Gasteiger partial charge in [-0.25, -0.2) is 0 Å². The molecule has 3 heteroatoms. The van der Waals surface area contributed by atoms with Crippen LogP contribution in [0, 0.1) is 5.41 Å². The van der Waals surface area contributed by atoms with E-state index in [-0.39, 0.29) is 5.41 Å². The Labute approximate surface area is 111 Å². The predicted octanol–water partition coefficient (Wildman–Crippen LogP) is 2.68. The zero-order chi connectivity index (χ0) is 12.8. The van der Waals surface area contributed by atoms with Crippen LogP contribution in [0.4, 0.5) is 0 Å². The second-order valence-corrected chi connectivity index (χ2v) is 5.91. The van der Waals surface area contributed by atoms with Crippen molar-refractivity contribution in [3.8, 4) is 0 Å².